The van der Waals surface area contributed by atoms with Crippen molar-refractivity contribution < 1.29 is 23.6 Å². The number of nitrogens with two attached hydrogens (primary N) is 1. The summed E-state index contributed by atoms with van der Waals surface area (Å²) in [4.78, 5) is 59.1. The van der Waals surface area contributed by atoms with Gasteiger partial charge in [-0.2, -0.15) is 0 Å². The number of nitrogens with one attached hydrogen (secondary N) is 1. The van der Waals surface area contributed by atoms with Gasteiger partial charge in [-0.3, -0.25) is 19.2 Å². The second-order valence-electron chi connectivity index (χ2n) is 12.1. The van der Waals surface area contributed by atoms with E-state index in [4.69, 9.17) is 5.73 Å². The highest BCUT2D eigenvalue weighted by molar-refractivity contribution is 6.00. The number of alkyl halides is 1. The van der Waals surface area contributed by atoms with Gasteiger partial charge in [0.15, 0.2) is 17.3 Å². The molecule has 0 bridgehead atoms. The van der Waals surface area contributed by atoms with Gasteiger partial charge in [0.2, 0.25) is 5.91 Å². The van der Waals surface area contributed by atoms with Crippen LogP contribution in [0.15, 0.2) is 36.7 Å². The van der Waals surface area contributed by atoms with Gasteiger partial charge in [0.1, 0.15) is 6.67 Å². The molecule has 0 aliphatic carbocycles. The molecule has 10 heteroatoms. The van der Waals surface area contributed by atoms with Crippen LogP contribution in [0.2, 0.25) is 0 Å². The number of likely N-dealkylation sites (N-methyl/N-ethyl adjacent to an activating group) is 1. The monoisotopic (exact) mass is 585 g/mol. The zero-order valence-corrected chi connectivity index (χ0v) is 25.4. The first kappa shape index (κ1) is 33.2. The van der Waals surface area contributed by atoms with Crippen molar-refractivity contribution in [1.82, 2.24) is 15.1 Å². The van der Waals surface area contributed by atoms with Crippen LogP contribution in [-0.2, 0) is 14.4 Å². The number of likely N-dealkylation sites (tertiary alicyclic amines) is 1. The second kappa shape index (κ2) is 15.8. The smallest absolute Gasteiger partial charge is 0.227 e. The molecule has 3 N–H and O–H groups in total. The Balaban J connectivity index is 1.66. The van der Waals surface area contributed by atoms with E-state index in [1.165, 1.54) is 0 Å². The van der Waals surface area contributed by atoms with Crippen molar-refractivity contribution in [2.24, 2.45) is 23.5 Å². The van der Waals surface area contributed by atoms with Gasteiger partial charge < -0.3 is 25.8 Å². The lowest BCUT2D eigenvalue weighted by atomic mass is 9.86. The Labute approximate surface area is 249 Å². The highest BCUT2D eigenvalue weighted by atomic mass is 19.1. The molecule has 0 radical (unpaired) electrons. The van der Waals surface area contributed by atoms with E-state index in [9.17, 15) is 23.6 Å². The lowest BCUT2D eigenvalue weighted by Gasteiger charge is -2.34. The fourth-order valence-corrected chi connectivity index (χ4v) is 5.91. The van der Waals surface area contributed by atoms with Gasteiger partial charge >= 0.3 is 0 Å². The average molecular weight is 586 g/mol. The van der Waals surface area contributed by atoms with Crippen LogP contribution in [0.1, 0.15) is 62.7 Å². The van der Waals surface area contributed by atoms with Gasteiger partial charge in [0.25, 0.3) is 0 Å². The number of anilines is 1. The van der Waals surface area contributed by atoms with E-state index >= 15 is 0 Å². The van der Waals surface area contributed by atoms with Gasteiger partial charge in [-0.15, -0.1) is 0 Å². The van der Waals surface area contributed by atoms with Crippen molar-refractivity contribution in [2.45, 2.75) is 58.4 Å². The standard InChI is InChI=1S/C32H48FN5O4/c1-22(2)27(20-29(39)24-8-5-10-26(18-24)37-16-14-36(4)15-17-37)32(42)38-13-7-11-28(38)30(40)19-25(31(41)21-33)9-6-12-35-23(3)34/h5,8,10,18,22,25,27-28,35H,3,6-7,9,11-17,19-21,34H2,1-2,4H3/t25-,27+,28+/m1/s1. The maximum atomic E-state index is 13.8. The minimum atomic E-state index is -1.13. The van der Waals surface area contributed by atoms with Gasteiger partial charge in [-0.25, -0.2) is 4.39 Å². The van der Waals surface area contributed by atoms with Crippen molar-refractivity contribution >= 4 is 28.9 Å². The van der Waals surface area contributed by atoms with Gasteiger partial charge in [0, 0.05) is 75.2 Å². The number of benzene rings is 1. The van der Waals surface area contributed by atoms with E-state index < -0.39 is 30.3 Å². The molecule has 0 spiro atoms. The number of hydrogen-bond acceptors (Lipinski definition) is 8. The third-order valence-electron chi connectivity index (χ3n) is 8.59. The molecule has 9 nitrogen and oxygen atoms in total. The lowest BCUT2D eigenvalue weighted by molar-refractivity contribution is -0.142. The summed E-state index contributed by atoms with van der Waals surface area (Å²) in [5, 5.41) is 2.87. The number of hydrogen-bond donors (Lipinski definition) is 2. The molecule has 0 aromatic heterocycles. The van der Waals surface area contributed by atoms with Crippen molar-refractivity contribution in [2.75, 3.05) is 57.9 Å². The number of carbonyl (C=O) groups excluding carboxylic acids is 4. The molecule has 0 saturated carbocycles. The predicted octanol–water partition coefficient (Wildman–Crippen LogP) is 3.19. The third-order valence-corrected chi connectivity index (χ3v) is 8.59. The van der Waals surface area contributed by atoms with Crippen molar-refractivity contribution in [3.8, 4) is 0 Å². The van der Waals surface area contributed by atoms with Gasteiger partial charge in [0.05, 0.1) is 11.9 Å². The van der Waals surface area contributed by atoms with Crippen LogP contribution in [0.4, 0.5) is 10.1 Å². The molecule has 232 valence electrons. The van der Waals surface area contributed by atoms with Crippen molar-refractivity contribution in [3.05, 3.63) is 42.2 Å². The highest BCUT2D eigenvalue weighted by Gasteiger charge is 2.39. The Kier molecular flexibility index (Phi) is 12.5. The molecule has 1 aromatic rings. The first-order valence-corrected chi connectivity index (χ1v) is 15.2. The summed E-state index contributed by atoms with van der Waals surface area (Å²) >= 11 is 0. The fraction of sp³-hybridized carbons (Fsp3) is 0.625. The number of carbonyl (C=O) groups is 4. The van der Waals surface area contributed by atoms with Crippen LogP contribution < -0.4 is 16.0 Å². The highest BCUT2D eigenvalue weighted by Crippen LogP contribution is 2.29. The van der Waals surface area contributed by atoms with E-state index in [-0.39, 0.29) is 36.2 Å². The molecule has 2 fully saturated rings. The van der Waals surface area contributed by atoms with E-state index in [2.05, 4.69) is 28.7 Å². The van der Waals surface area contributed by atoms with Crippen molar-refractivity contribution in [1.29, 1.82) is 0 Å². The SMILES string of the molecule is C=C(N)NCCC[C@H](CC(=O)[C@@H]1CCCN1C(=O)[C@@H](CC(=O)c1cccc(N2CCN(C)CC2)c1)C(C)C)C(=O)CF. The molecule has 1 amide bonds. The molecule has 3 rings (SSSR count). The molecule has 2 saturated heterocycles. The summed E-state index contributed by atoms with van der Waals surface area (Å²) in [6.07, 6.45) is 1.99. The summed E-state index contributed by atoms with van der Waals surface area (Å²) in [5.41, 5.74) is 7.09. The number of amides is 1. The number of Topliss-reactive ketones (excluding diaryl/α,β-unsaturated/α-hetero) is 3. The third kappa shape index (κ3) is 9.11. The number of rotatable bonds is 16. The predicted molar refractivity (Wildman–Crippen MR) is 163 cm³/mol. The lowest BCUT2D eigenvalue weighted by Crippen LogP contribution is -2.46. The molecular weight excluding hydrogens is 537 g/mol. The minimum absolute atomic E-state index is 0.0580. The van der Waals surface area contributed by atoms with E-state index in [0.29, 0.717) is 50.2 Å². The molecule has 0 unspecified atom stereocenters. The van der Waals surface area contributed by atoms with Crippen LogP contribution in [0.3, 0.4) is 0 Å². The average Bonchev–Trinajstić information content (AvgIpc) is 3.47. The number of piperazine rings is 1. The van der Waals surface area contributed by atoms with Crippen LogP contribution in [0, 0.1) is 17.8 Å². The zero-order valence-electron chi connectivity index (χ0n) is 25.4. The van der Waals surface area contributed by atoms with E-state index in [1.54, 1.807) is 11.0 Å². The van der Waals surface area contributed by atoms with Crippen molar-refractivity contribution in [3.63, 3.8) is 0 Å². The Morgan fingerprint density at radius 1 is 1.10 bits per heavy atom. The number of nitrogens with zero attached hydrogens (tertiary/aromatic N) is 3. The topological polar surface area (TPSA) is 116 Å². The Hall–Kier alpha value is -3.27. The summed E-state index contributed by atoms with van der Waals surface area (Å²) in [6.45, 7) is 10.9. The summed E-state index contributed by atoms with van der Waals surface area (Å²) < 4.78 is 13.3. The number of ketones is 3. The first-order chi connectivity index (χ1) is 20.0. The molecule has 3 atom stereocenters. The fourth-order valence-electron chi connectivity index (χ4n) is 5.91. The number of halogens is 1. The normalized spacial score (nSPS) is 19.0. The summed E-state index contributed by atoms with van der Waals surface area (Å²) in [5.74, 6) is -2.25. The Morgan fingerprint density at radius 3 is 2.45 bits per heavy atom. The van der Waals surface area contributed by atoms with Crippen LogP contribution >= 0.6 is 0 Å². The Bertz CT molecular complexity index is 1120. The first-order valence-electron chi connectivity index (χ1n) is 15.2. The second-order valence-corrected chi connectivity index (χ2v) is 12.1. The van der Waals surface area contributed by atoms with Gasteiger partial charge in [-0.05, 0) is 50.8 Å². The van der Waals surface area contributed by atoms with Crippen LogP contribution in [0.25, 0.3) is 0 Å². The minimum Gasteiger partial charge on any atom is -0.386 e. The van der Waals surface area contributed by atoms with Gasteiger partial charge in [-0.1, -0.05) is 32.6 Å². The molecular formula is C32H48FN5O4. The van der Waals surface area contributed by atoms with Crippen LogP contribution in [-0.4, -0.2) is 92.1 Å². The maximum Gasteiger partial charge on any atom is 0.227 e. The maximum absolute atomic E-state index is 13.8. The quantitative estimate of drug-likeness (QED) is 0.225. The molecule has 2 heterocycles. The molecule has 1 aromatic carbocycles. The van der Waals surface area contributed by atoms with E-state index in [1.807, 2.05) is 32.0 Å². The Morgan fingerprint density at radius 2 is 1.81 bits per heavy atom. The summed E-state index contributed by atoms with van der Waals surface area (Å²) in [6, 6.07) is 6.96. The molecule has 42 heavy (non-hydrogen) atoms. The summed E-state index contributed by atoms with van der Waals surface area (Å²) in [7, 11) is 2.10. The van der Waals surface area contributed by atoms with Crippen LogP contribution in [0.5, 0.6) is 0 Å². The largest absolute Gasteiger partial charge is 0.386 e. The van der Waals surface area contributed by atoms with E-state index in [0.717, 1.165) is 31.9 Å². The zero-order chi connectivity index (χ0) is 30.8. The molecule has 2 aliphatic heterocycles. The molecule has 2 aliphatic rings.